The first-order valence-electron chi connectivity index (χ1n) is 11.2. The molecule has 5 rings (SSSR count). The number of fused-ring (bicyclic) bond motifs is 1. The van der Waals surface area contributed by atoms with Crippen LogP contribution in [0.3, 0.4) is 0 Å². The van der Waals surface area contributed by atoms with Gasteiger partial charge >= 0.3 is 6.03 Å². The molecule has 9 heteroatoms. The molecule has 0 spiro atoms. The molecule has 3 amide bonds. The van der Waals surface area contributed by atoms with Crippen LogP contribution in [0, 0.1) is 20.8 Å². The Hall–Kier alpha value is -4.08. The lowest BCUT2D eigenvalue weighted by atomic mass is 10.2. The number of aryl methyl sites for hydroxylation is 3. The van der Waals surface area contributed by atoms with Crippen LogP contribution in [0.15, 0.2) is 66.7 Å². The van der Waals surface area contributed by atoms with Gasteiger partial charge in [-0.2, -0.15) is 0 Å². The Kier molecular flexibility index (Phi) is 6.49. The second-order valence-corrected chi connectivity index (χ2v) is 10.4. The van der Waals surface area contributed by atoms with E-state index in [2.05, 4.69) is 40.0 Å². The largest absolute Gasteiger partial charge is 0.325 e. The van der Waals surface area contributed by atoms with Crippen LogP contribution >= 0.6 is 22.7 Å². The molecule has 0 aliphatic carbocycles. The summed E-state index contributed by atoms with van der Waals surface area (Å²) in [6.07, 6.45) is 0. The maximum atomic E-state index is 12.9. The van der Waals surface area contributed by atoms with E-state index in [0.29, 0.717) is 27.1 Å². The lowest BCUT2D eigenvalue weighted by Gasteiger charge is -2.05. The predicted octanol–water partition coefficient (Wildman–Crippen LogP) is 7.24. The van der Waals surface area contributed by atoms with Crippen molar-refractivity contribution in [1.82, 2.24) is 9.97 Å². The van der Waals surface area contributed by atoms with Gasteiger partial charge in [0.05, 0.1) is 15.9 Å². The third kappa shape index (κ3) is 5.27. The topological polar surface area (TPSA) is 96.0 Å². The molecule has 2 heterocycles. The summed E-state index contributed by atoms with van der Waals surface area (Å²) in [5.74, 6) is -0.278. The summed E-state index contributed by atoms with van der Waals surface area (Å²) in [7, 11) is 0. The molecule has 5 aromatic rings. The fourth-order valence-electron chi connectivity index (χ4n) is 3.60. The molecule has 0 fully saturated rings. The van der Waals surface area contributed by atoms with Gasteiger partial charge in [-0.25, -0.2) is 14.8 Å². The van der Waals surface area contributed by atoms with E-state index in [0.717, 1.165) is 37.7 Å². The quantitative estimate of drug-likeness (QED) is 0.231. The summed E-state index contributed by atoms with van der Waals surface area (Å²) in [4.78, 5) is 34.7. The summed E-state index contributed by atoms with van der Waals surface area (Å²) in [6, 6.07) is 20.9. The van der Waals surface area contributed by atoms with Crippen molar-refractivity contribution >= 4 is 61.3 Å². The van der Waals surface area contributed by atoms with Crippen molar-refractivity contribution in [2.24, 2.45) is 0 Å². The van der Waals surface area contributed by atoms with Crippen LogP contribution < -0.4 is 16.0 Å². The number of rotatable bonds is 5. The number of nitrogens with one attached hydrogen (secondary N) is 3. The summed E-state index contributed by atoms with van der Waals surface area (Å²) in [6.45, 7) is 5.79. The number of carbonyl (C=O) groups excluding carboxylic acids is 2. The number of hydrogen-bond acceptors (Lipinski definition) is 6. The molecule has 0 saturated carbocycles. The minimum Gasteiger partial charge on any atom is -0.321 e. The SMILES string of the molecule is Cc1ccc(NC(=O)Nc2nc(C)c(C(=O)Nc3ccc(-c4nc5ccc(C)cc5s4)cc3)s2)cc1. The number of thiazole rings is 2. The van der Waals surface area contributed by atoms with Crippen molar-refractivity contribution < 1.29 is 9.59 Å². The molecule has 0 aliphatic rings. The number of amides is 3. The Morgan fingerprint density at radius 3 is 2.14 bits per heavy atom. The molecule has 180 valence electrons. The van der Waals surface area contributed by atoms with Gasteiger partial charge in [-0.1, -0.05) is 35.1 Å². The smallest absolute Gasteiger partial charge is 0.321 e. The second-order valence-electron chi connectivity index (χ2n) is 8.40. The highest BCUT2D eigenvalue weighted by atomic mass is 32.1. The Labute approximate surface area is 216 Å². The summed E-state index contributed by atoms with van der Waals surface area (Å²) >= 11 is 2.78. The van der Waals surface area contributed by atoms with Gasteiger partial charge in [-0.15, -0.1) is 11.3 Å². The van der Waals surface area contributed by atoms with Crippen LogP contribution in [-0.4, -0.2) is 21.9 Å². The highest BCUT2D eigenvalue weighted by Crippen LogP contribution is 2.31. The predicted molar refractivity (Wildman–Crippen MR) is 148 cm³/mol. The van der Waals surface area contributed by atoms with Gasteiger partial charge in [0.1, 0.15) is 9.88 Å². The first-order valence-corrected chi connectivity index (χ1v) is 12.9. The highest BCUT2D eigenvalue weighted by Gasteiger charge is 2.17. The van der Waals surface area contributed by atoms with E-state index in [-0.39, 0.29) is 5.91 Å². The van der Waals surface area contributed by atoms with E-state index in [4.69, 9.17) is 4.98 Å². The molecular formula is C27H23N5O2S2. The first-order chi connectivity index (χ1) is 17.3. The third-order valence-corrected chi connectivity index (χ3v) is 7.61. The lowest BCUT2D eigenvalue weighted by Crippen LogP contribution is -2.19. The molecule has 0 aliphatic heterocycles. The van der Waals surface area contributed by atoms with Crippen LogP contribution in [0.4, 0.5) is 21.3 Å². The third-order valence-electron chi connectivity index (χ3n) is 5.47. The maximum absolute atomic E-state index is 12.9. The Morgan fingerprint density at radius 1 is 0.722 bits per heavy atom. The van der Waals surface area contributed by atoms with Crippen molar-refractivity contribution in [3.05, 3.63) is 88.4 Å². The van der Waals surface area contributed by atoms with Crippen LogP contribution in [0.1, 0.15) is 26.5 Å². The molecule has 0 unspecified atom stereocenters. The molecule has 7 nitrogen and oxygen atoms in total. The Balaban J connectivity index is 1.23. The van der Waals surface area contributed by atoms with Gasteiger partial charge in [0, 0.05) is 16.9 Å². The molecule has 0 bridgehead atoms. The number of benzene rings is 3. The summed E-state index contributed by atoms with van der Waals surface area (Å²) < 4.78 is 1.15. The number of hydrogen-bond donors (Lipinski definition) is 3. The fraction of sp³-hybridized carbons (Fsp3) is 0.111. The number of carbonyl (C=O) groups is 2. The van der Waals surface area contributed by atoms with Gasteiger partial charge in [-0.05, 0) is 74.9 Å². The van der Waals surface area contributed by atoms with E-state index >= 15 is 0 Å². The molecule has 0 radical (unpaired) electrons. The van der Waals surface area contributed by atoms with Gasteiger partial charge in [-0.3, -0.25) is 10.1 Å². The molecule has 2 aromatic heterocycles. The zero-order valence-corrected chi connectivity index (χ0v) is 21.5. The minimum atomic E-state index is -0.417. The average Bonchev–Trinajstić information content (AvgIpc) is 3.43. The number of urea groups is 1. The molecule has 3 N–H and O–H groups in total. The average molecular weight is 514 g/mol. The summed E-state index contributed by atoms with van der Waals surface area (Å²) in [5.41, 5.74) is 6.17. The van der Waals surface area contributed by atoms with Crippen molar-refractivity contribution in [2.75, 3.05) is 16.0 Å². The van der Waals surface area contributed by atoms with Crippen molar-refractivity contribution in [3.8, 4) is 10.6 Å². The summed E-state index contributed by atoms with van der Waals surface area (Å²) in [5, 5.41) is 9.65. The van der Waals surface area contributed by atoms with E-state index in [1.54, 1.807) is 18.3 Å². The number of aromatic nitrogens is 2. The number of anilines is 3. The minimum absolute atomic E-state index is 0.278. The molecule has 36 heavy (non-hydrogen) atoms. The lowest BCUT2D eigenvalue weighted by molar-refractivity contribution is 0.103. The molecule has 0 atom stereocenters. The van der Waals surface area contributed by atoms with Gasteiger partial charge in [0.15, 0.2) is 5.13 Å². The van der Waals surface area contributed by atoms with E-state index in [9.17, 15) is 9.59 Å². The van der Waals surface area contributed by atoms with Gasteiger partial charge in [0.2, 0.25) is 0 Å². The fourth-order valence-corrected chi connectivity index (χ4v) is 5.52. The number of nitrogens with zero attached hydrogens (tertiary/aromatic N) is 2. The first kappa shape index (κ1) is 23.7. The Bertz CT molecular complexity index is 1570. The standard InChI is InChI=1S/C27H23N5O2S2/c1-15-4-9-20(10-5-15)30-26(34)32-27-28-17(3)23(36-27)24(33)29-19-11-7-18(8-12-19)25-31-21-13-6-16(2)14-22(21)35-25/h4-14H,1-3H3,(H,29,33)(H2,28,30,32,34). The van der Waals surface area contributed by atoms with Crippen LogP contribution in [0.2, 0.25) is 0 Å². The highest BCUT2D eigenvalue weighted by molar-refractivity contribution is 7.21. The van der Waals surface area contributed by atoms with Gasteiger partial charge in [0.25, 0.3) is 5.91 Å². The van der Waals surface area contributed by atoms with Crippen molar-refractivity contribution in [2.45, 2.75) is 20.8 Å². The maximum Gasteiger partial charge on any atom is 0.325 e. The van der Waals surface area contributed by atoms with E-state index in [1.807, 2.05) is 61.5 Å². The van der Waals surface area contributed by atoms with E-state index in [1.165, 1.54) is 5.56 Å². The van der Waals surface area contributed by atoms with Crippen LogP contribution in [0.5, 0.6) is 0 Å². The molecular weight excluding hydrogens is 490 g/mol. The van der Waals surface area contributed by atoms with Crippen molar-refractivity contribution in [3.63, 3.8) is 0 Å². The zero-order valence-electron chi connectivity index (χ0n) is 19.9. The second kappa shape index (κ2) is 9.88. The van der Waals surface area contributed by atoms with E-state index < -0.39 is 6.03 Å². The Morgan fingerprint density at radius 2 is 1.39 bits per heavy atom. The molecule has 3 aromatic carbocycles. The van der Waals surface area contributed by atoms with Crippen LogP contribution in [0.25, 0.3) is 20.8 Å². The van der Waals surface area contributed by atoms with Crippen LogP contribution in [-0.2, 0) is 0 Å². The monoisotopic (exact) mass is 513 g/mol. The normalized spacial score (nSPS) is 10.9. The zero-order chi connectivity index (χ0) is 25.2. The molecule has 0 saturated heterocycles. The van der Waals surface area contributed by atoms with Gasteiger partial charge < -0.3 is 10.6 Å². The van der Waals surface area contributed by atoms with Crippen molar-refractivity contribution in [1.29, 1.82) is 0 Å².